The first kappa shape index (κ1) is 19.1. The topological polar surface area (TPSA) is 50.8 Å². The Morgan fingerprint density at radius 2 is 1.67 bits per heavy atom. The number of benzene rings is 2. The number of rotatable bonds is 7. The number of carbonyl (C=O) groups excluding carboxylic acids is 1. The third kappa shape index (κ3) is 4.94. The highest BCUT2D eigenvalue weighted by molar-refractivity contribution is 5.94. The number of amides is 1. The van der Waals surface area contributed by atoms with Gasteiger partial charge in [0.1, 0.15) is 0 Å². The zero-order valence-corrected chi connectivity index (χ0v) is 16.2. The second-order valence-electron chi connectivity index (χ2n) is 6.79. The van der Waals surface area contributed by atoms with Crippen LogP contribution >= 0.6 is 0 Å². The first-order chi connectivity index (χ1) is 13.2. The maximum Gasteiger partial charge on any atom is 0.251 e. The number of piperidine rings is 1. The number of nitrogens with one attached hydrogen (secondary N) is 1. The van der Waals surface area contributed by atoms with Crippen molar-refractivity contribution in [3.8, 4) is 11.5 Å². The highest BCUT2D eigenvalue weighted by Crippen LogP contribution is 2.27. The molecule has 144 valence electrons. The van der Waals surface area contributed by atoms with Crippen LogP contribution in [0.3, 0.4) is 0 Å². The number of methoxy groups -OCH3 is 2. The van der Waals surface area contributed by atoms with Gasteiger partial charge in [-0.1, -0.05) is 6.07 Å². The molecule has 0 atom stereocenters. The molecule has 5 nitrogen and oxygen atoms in total. The lowest BCUT2D eigenvalue weighted by Crippen LogP contribution is -2.29. The predicted molar refractivity (Wildman–Crippen MR) is 108 cm³/mol. The minimum Gasteiger partial charge on any atom is -0.493 e. The van der Waals surface area contributed by atoms with E-state index >= 15 is 0 Å². The number of anilines is 1. The normalized spacial score (nSPS) is 13.9. The Morgan fingerprint density at radius 3 is 2.33 bits per heavy atom. The van der Waals surface area contributed by atoms with Crippen LogP contribution in [0.5, 0.6) is 11.5 Å². The molecule has 2 aromatic rings. The number of hydrogen-bond donors (Lipinski definition) is 1. The van der Waals surface area contributed by atoms with Crippen LogP contribution in [0.15, 0.2) is 42.5 Å². The van der Waals surface area contributed by atoms with Crippen LogP contribution in [0.25, 0.3) is 0 Å². The summed E-state index contributed by atoms with van der Waals surface area (Å²) in [6.45, 7) is 2.79. The molecular weight excluding hydrogens is 340 g/mol. The Labute approximate surface area is 161 Å². The minimum absolute atomic E-state index is 0.0410. The van der Waals surface area contributed by atoms with Crippen molar-refractivity contribution in [2.24, 2.45) is 0 Å². The molecule has 0 aromatic heterocycles. The SMILES string of the molecule is COc1ccc(CCNC(=O)c2ccc(N3CCCCC3)cc2)cc1OC. The molecule has 0 spiro atoms. The van der Waals surface area contributed by atoms with E-state index in [9.17, 15) is 4.79 Å². The highest BCUT2D eigenvalue weighted by atomic mass is 16.5. The summed E-state index contributed by atoms with van der Waals surface area (Å²) in [6.07, 6.45) is 4.55. The van der Waals surface area contributed by atoms with Gasteiger partial charge in [-0.25, -0.2) is 0 Å². The monoisotopic (exact) mass is 368 g/mol. The van der Waals surface area contributed by atoms with Crippen molar-refractivity contribution in [2.75, 3.05) is 38.8 Å². The van der Waals surface area contributed by atoms with Gasteiger partial charge < -0.3 is 19.7 Å². The first-order valence-electron chi connectivity index (χ1n) is 9.55. The summed E-state index contributed by atoms with van der Waals surface area (Å²) in [7, 11) is 3.24. The minimum atomic E-state index is -0.0410. The molecule has 1 fully saturated rings. The zero-order valence-electron chi connectivity index (χ0n) is 16.2. The van der Waals surface area contributed by atoms with Crippen molar-refractivity contribution in [1.29, 1.82) is 0 Å². The molecule has 1 heterocycles. The molecule has 0 saturated carbocycles. The van der Waals surface area contributed by atoms with Crippen molar-refractivity contribution >= 4 is 11.6 Å². The van der Waals surface area contributed by atoms with Crippen molar-refractivity contribution < 1.29 is 14.3 Å². The van der Waals surface area contributed by atoms with Crippen LogP contribution in [0.4, 0.5) is 5.69 Å². The number of nitrogens with zero attached hydrogens (tertiary/aromatic N) is 1. The Bertz CT molecular complexity index is 753. The van der Waals surface area contributed by atoms with E-state index in [2.05, 4.69) is 22.3 Å². The maximum atomic E-state index is 12.4. The van der Waals surface area contributed by atoms with Crippen molar-refractivity contribution in [1.82, 2.24) is 5.32 Å². The molecule has 0 bridgehead atoms. The fraction of sp³-hybridized carbons (Fsp3) is 0.409. The first-order valence-corrected chi connectivity index (χ1v) is 9.55. The summed E-state index contributed by atoms with van der Waals surface area (Å²) in [5, 5.41) is 2.99. The molecule has 0 unspecified atom stereocenters. The lowest BCUT2D eigenvalue weighted by molar-refractivity contribution is 0.0954. The van der Waals surface area contributed by atoms with Crippen LogP contribution in [0, 0.1) is 0 Å². The van der Waals surface area contributed by atoms with Crippen LogP contribution in [0.2, 0.25) is 0 Å². The van der Waals surface area contributed by atoms with Gasteiger partial charge in [-0.05, 0) is 67.6 Å². The van der Waals surface area contributed by atoms with Gasteiger partial charge >= 0.3 is 0 Å². The summed E-state index contributed by atoms with van der Waals surface area (Å²) in [6, 6.07) is 13.7. The maximum absolute atomic E-state index is 12.4. The summed E-state index contributed by atoms with van der Waals surface area (Å²) in [4.78, 5) is 14.8. The van der Waals surface area contributed by atoms with Gasteiger partial charge in [0.2, 0.25) is 0 Å². The fourth-order valence-electron chi connectivity index (χ4n) is 3.43. The number of hydrogen-bond acceptors (Lipinski definition) is 4. The summed E-state index contributed by atoms with van der Waals surface area (Å²) < 4.78 is 10.6. The average Bonchev–Trinajstić information content (AvgIpc) is 2.74. The Morgan fingerprint density at radius 1 is 0.963 bits per heavy atom. The lowest BCUT2D eigenvalue weighted by atomic mass is 10.1. The molecule has 0 aliphatic carbocycles. The summed E-state index contributed by atoms with van der Waals surface area (Å²) >= 11 is 0. The molecule has 1 aliphatic heterocycles. The van der Waals surface area contributed by atoms with Crippen molar-refractivity contribution in [3.05, 3.63) is 53.6 Å². The highest BCUT2D eigenvalue weighted by Gasteiger charge is 2.12. The molecule has 1 saturated heterocycles. The van der Waals surface area contributed by atoms with Crippen LogP contribution in [0.1, 0.15) is 35.2 Å². The fourth-order valence-corrected chi connectivity index (χ4v) is 3.43. The van der Waals surface area contributed by atoms with Gasteiger partial charge in [-0.2, -0.15) is 0 Å². The Balaban J connectivity index is 1.52. The van der Waals surface area contributed by atoms with E-state index in [1.165, 1.54) is 24.9 Å². The molecular formula is C22H28N2O3. The summed E-state index contributed by atoms with van der Waals surface area (Å²) in [5.41, 5.74) is 2.99. The smallest absolute Gasteiger partial charge is 0.251 e. The molecule has 5 heteroatoms. The Kier molecular flexibility index (Phi) is 6.58. The van der Waals surface area contributed by atoms with Gasteiger partial charge in [-0.3, -0.25) is 4.79 Å². The van der Waals surface area contributed by atoms with E-state index in [4.69, 9.17) is 9.47 Å². The van der Waals surface area contributed by atoms with E-state index < -0.39 is 0 Å². The van der Waals surface area contributed by atoms with Gasteiger partial charge in [-0.15, -0.1) is 0 Å². The lowest BCUT2D eigenvalue weighted by Gasteiger charge is -2.28. The number of carbonyl (C=O) groups is 1. The molecule has 1 amide bonds. The molecule has 1 N–H and O–H groups in total. The molecule has 1 aliphatic rings. The summed E-state index contributed by atoms with van der Waals surface area (Å²) in [5.74, 6) is 1.37. The van der Waals surface area contributed by atoms with Crippen LogP contribution < -0.4 is 19.7 Å². The Hall–Kier alpha value is -2.69. The van der Waals surface area contributed by atoms with Crippen molar-refractivity contribution in [3.63, 3.8) is 0 Å². The zero-order chi connectivity index (χ0) is 19.1. The third-order valence-electron chi connectivity index (χ3n) is 5.00. The van der Waals surface area contributed by atoms with Crippen molar-refractivity contribution in [2.45, 2.75) is 25.7 Å². The molecule has 2 aromatic carbocycles. The largest absolute Gasteiger partial charge is 0.493 e. The molecule has 27 heavy (non-hydrogen) atoms. The molecule has 0 radical (unpaired) electrons. The van der Waals surface area contributed by atoms with E-state index in [0.717, 1.165) is 25.1 Å². The van der Waals surface area contributed by atoms with E-state index in [0.29, 0.717) is 23.6 Å². The standard InChI is InChI=1S/C22H28N2O3/c1-26-20-11-6-17(16-21(20)27-2)12-13-23-22(25)18-7-9-19(10-8-18)24-14-4-3-5-15-24/h6-11,16H,3-5,12-15H2,1-2H3,(H,23,25). The molecule has 3 rings (SSSR count). The van der Waals surface area contributed by atoms with E-state index in [1.54, 1.807) is 14.2 Å². The predicted octanol–water partition coefficient (Wildman–Crippen LogP) is 3.67. The number of ether oxygens (including phenoxy) is 2. The van der Waals surface area contributed by atoms with Gasteiger partial charge in [0, 0.05) is 30.9 Å². The second kappa shape index (κ2) is 9.31. The quantitative estimate of drug-likeness (QED) is 0.810. The van der Waals surface area contributed by atoms with E-state index in [-0.39, 0.29) is 5.91 Å². The van der Waals surface area contributed by atoms with Crippen LogP contribution in [-0.4, -0.2) is 39.8 Å². The average molecular weight is 368 g/mol. The second-order valence-corrected chi connectivity index (χ2v) is 6.79. The van der Waals surface area contributed by atoms with Gasteiger partial charge in [0.25, 0.3) is 5.91 Å². The van der Waals surface area contributed by atoms with Gasteiger partial charge in [0.15, 0.2) is 11.5 Å². The van der Waals surface area contributed by atoms with E-state index in [1.807, 2.05) is 30.3 Å². The van der Waals surface area contributed by atoms with Crippen LogP contribution in [-0.2, 0) is 6.42 Å². The van der Waals surface area contributed by atoms with Gasteiger partial charge in [0.05, 0.1) is 14.2 Å². The third-order valence-corrected chi connectivity index (χ3v) is 5.00.